The molecule has 302 valence electrons. The first-order chi connectivity index (χ1) is 31.6. The Morgan fingerprint density at radius 1 is 0.281 bits per heavy atom. The molecule has 0 spiro atoms. The number of rotatable bonds is 7. The molecule has 12 aromatic rings. The molecule has 0 atom stereocenters. The van der Waals surface area contributed by atoms with Gasteiger partial charge in [-0.15, -0.1) is 0 Å². The lowest BCUT2D eigenvalue weighted by Crippen LogP contribution is -2.02. The highest BCUT2D eigenvalue weighted by atomic mass is 15.0. The number of aromatic nitrogens is 5. The maximum Gasteiger partial charge on any atom is 0.164 e. The summed E-state index contributed by atoms with van der Waals surface area (Å²) in [7, 11) is 0. The molecule has 3 heterocycles. The summed E-state index contributed by atoms with van der Waals surface area (Å²) in [5.74, 6) is 1.98. The van der Waals surface area contributed by atoms with Crippen LogP contribution in [-0.4, -0.2) is 24.1 Å². The number of para-hydroxylation sites is 3. The third kappa shape index (κ3) is 6.28. The Kier molecular flexibility index (Phi) is 8.87. The van der Waals surface area contributed by atoms with Gasteiger partial charge in [0.2, 0.25) is 0 Å². The van der Waals surface area contributed by atoms with Crippen LogP contribution >= 0.6 is 0 Å². The van der Waals surface area contributed by atoms with Crippen LogP contribution in [0.25, 0.3) is 111 Å². The van der Waals surface area contributed by atoms with Gasteiger partial charge in [0, 0.05) is 49.6 Å². The summed E-state index contributed by atoms with van der Waals surface area (Å²) in [5, 5.41) is 4.93. The molecule has 3 aromatic heterocycles. The van der Waals surface area contributed by atoms with Crippen LogP contribution in [0.3, 0.4) is 0 Å². The highest BCUT2D eigenvalue weighted by Gasteiger charge is 2.18. The first kappa shape index (κ1) is 37.4. The molecular weight excluding hydrogens is 779 g/mol. The normalized spacial score (nSPS) is 11.6. The van der Waals surface area contributed by atoms with Gasteiger partial charge in [-0.05, 0) is 108 Å². The number of hydrogen-bond acceptors (Lipinski definition) is 3. The summed E-state index contributed by atoms with van der Waals surface area (Å²) in [6.07, 6.45) is 0. The van der Waals surface area contributed by atoms with E-state index in [4.69, 9.17) is 15.0 Å². The fraction of sp³-hybridized carbons (Fsp3) is 0.0339. The van der Waals surface area contributed by atoms with Gasteiger partial charge in [0.25, 0.3) is 0 Å². The molecule has 9 aromatic carbocycles. The van der Waals surface area contributed by atoms with Crippen molar-refractivity contribution in [3.8, 4) is 67.8 Å². The Balaban J connectivity index is 0.942. The van der Waals surface area contributed by atoms with Gasteiger partial charge >= 0.3 is 0 Å². The predicted molar refractivity (Wildman–Crippen MR) is 265 cm³/mol. The average Bonchev–Trinajstić information content (AvgIpc) is 3.87. The van der Waals surface area contributed by atoms with Crippen LogP contribution in [0.5, 0.6) is 0 Å². The van der Waals surface area contributed by atoms with E-state index in [1.807, 2.05) is 24.3 Å². The number of benzene rings is 9. The van der Waals surface area contributed by atoms with Crippen LogP contribution in [0, 0.1) is 13.8 Å². The van der Waals surface area contributed by atoms with E-state index in [0.29, 0.717) is 17.5 Å². The highest BCUT2D eigenvalue weighted by molar-refractivity contribution is 6.11. The van der Waals surface area contributed by atoms with Crippen LogP contribution < -0.4 is 0 Å². The van der Waals surface area contributed by atoms with Crippen molar-refractivity contribution in [1.82, 2.24) is 24.1 Å². The number of aryl methyl sites for hydroxylation is 2. The second-order valence-electron chi connectivity index (χ2n) is 16.6. The quantitative estimate of drug-likeness (QED) is 0.161. The molecule has 0 N–H and O–H groups in total. The Morgan fingerprint density at radius 3 is 1.44 bits per heavy atom. The number of fused-ring (bicyclic) bond motifs is 6. The van der Waals surface area contributed by atoms with Crippen LogP contribution in [0.15, 0.2) is 212 Å². The maximum atomic E-state index is 5.10. The van der Waals surface area contributed by atoms with Gasteiger partial charge < -0.3 is 9.13 Å². The number of hydrogen-bond donors (Lipinski definition) is 0. The second kappa shape index (κ2) is 15.2. The monoisotopic (exact) mass is 819 g/mol. The molecule has 5 nitrogen and oxygen atoms in total. The first-order valence-corrected chi connectivity index (χ1v) is 21.8. The molecule has 0 saturated carbocycles. The fourth-order valence-corrected chi connectivity index (χ4v) is 9.47. The van der Waals surface area contributed by atoms with Crippen molar-refractivity contribution in [3.05, 3.63) is 223 Å². The zero-order chi connectivity index (χ0) is 42.7. The summed E-state index contributed by atoms with van der Waals surface area (Å²) in [6.45, 7) is 4.20. The smallest absolute Gasteiger partial charge is 0.164 e. The molecule has 5 heteroatoms. The highest BCUT2D eigenvalue weighted by Crippen LogP contribution is 2.38. The van der Waals surface area contributed by atoms with Gasteiger partial charge in [0.15, 0.2) is 17.5 Å². The summed E-state index contributed by atoms with van der Waals surface area (Å²) in [4.78, 5) is 15.2. The lowest BCUT2D eigenvalue weighted by atomic mass is 10.0. The molecule has 0 bridgehead atoms. The molecule has 0 amide bonds. The molecule has 64 heavy (non-hydrogen) atoms. The van der Waals surface area contributed by atoms with Crippen LogP contribution in [-0.2, 0) is 0 Å². The minimum atomic E-state index is 0.643. The lowest BCUT2D eigenvalue weighted by molar-refractivity contribution is 1.07. The van der Waals surface area contributed by atoms with E-state index in [1.165, 1.54) is 49.2 Å². The molecule has 0 saturated heterocycles. The van der Waals surface area contributed by atoms with Crippen LogP contribution in [0.2, 0.25) is 0 Å². The van der Waals surface area contributed by atoms with Gasteiger partial charge in [-0.25, -0.2) is 15.0 Å². The van der Waals surface area contributed by atoms with Gasteiger partial charge in [0.1, 0.15) is 0 Å². The Bertz CT molecular complexity index is 3680. The van der Waals surface area contributed by atoms with Gasteiger partial charge in [0.05, 0.1) is 22.1 Å². The van der Waals surface area contributed by atoms with E-state index in [2.05, 4.69) is 211 Å². The van der Waals surface area contributed by atoms with E-state index < -0.39 is 0 Å². The van der Waals surface area contributed by atoms with Crippen LogP contribution in [0.1, 0.15) is 11.1 Å². The maximum absolute atomic E-state index is 5.10. The van der Waals surface area contributed by atoms with E-state index in [-0.39, 0.29) is 0 Å². The van der Waals surface area contributed by atoms with E-state index in [1.54, 1.807) is 0 Å². The zero-order valence-electron chi connectivity index (χ0n) is 35.4. The molecular formula is C59H41N5. The SMILES string of the molecule is Cc1ccccc1-c1nc(-c2cccc(-c3ccc4c5ccccc5n(-c5ccc(-c6ccc7c(c6)c6ccccc6n7-c6ccccc6)cc5)c4c3)c2)nc(-c2ccccc2C)n1. The standard InChI is InChI=1S/C59H41N5/c1-38-15-6-8-21-47(38)58-60-57(61-59(62-58)48-22-9-7-16-39(48)2)44-18-14-17-41(35-44)43-29-33-51-49-23-10-12-25-53(49)64(56(51)37-43)46-31-27-40(28-32-46)42-30-34-55-52(36-42)50-24-11-13-26-54(50)63(55)45-19-4-3-5-20-45/h3-37H,1-2H3. The fourth-order valence-electron chi connectivity index (χ4n) is 9.47. The van der Waals surface area contributed by atoms with Gasteiger partial charge in [-0.3, -0.25) is 0 Å². The van der Waals surface area contributed by atoms with Crippen molar-refractivity contribution in [2.45, 2.75) is 13.8 Å². The summed E-state index contributed by atoms with van der Waals surface area (Å²) in [5.41, 5.74) is 16.7. The van der Waals surface area contributed by atoms with E-state index in [9.17, 15) is 0 Å². The lowest BCUT2D eigenvalue weighted by Gasteiger charge is -2.12. The third-order valence-electron chi connectivity index (χ3n) is 12.7. The largest absolute Gasteiger partial charge is 0.309 e. The predicted octanol–water partition coefficient (Wildman–Crippen LogP) is 15.0. The molecule has 0 unspecified atom stereocenters. The molecule has 0 fully saturated rings. The third-order valence-corrected chi connectivity index (χ3v) is 12.7. The van der Waals surface area contributed by atoms with Crippen molar-refractivity contribution >= 4 is 43.6 Å². The minimum absolute atomic E-state index is 0.643. The van der Waals surface area contributed by atoms with Crippen molar-refractivity contribution in [1.29, 1.82) is 0 Å². The molecule has 0 aliphatic heterocycles. The molecule has 0 aliphatic carbocycles. The minimum Gasteiger partial charge on any atom is -0.309 e. The number of nitrogens with zero attached hydrogens (tertiary/aromatic N) is 5. The van der Waals surface area contributed by atoms with Gasteiger partial charge in [-0.2, -0.15) is 0 Å². The summed E-state index contributed by atoms with van der Waals surface area (Å²) >= 11 is 0. The average molecular weight is 820 g/mol. The summed E-state index contributed by atoms with van der Waals surface area (Å²) < 4.78 is 4.76. The van der Waals surface area contributed by atoms with Crippen molar-refractivity contribution in [2.24, 2.45) is 0 Å². The second-order valence-corrected chi connectivity index (χ2v) is 16.6. The van der Waals surface area contributed by atoms with Crippen molar-refractivity contribution in [2.75, 3.05) is 0 Å². The van der Waals surface area contributed by atoms with Crippen molar-refractivity contribution in [3.63, 3.8) is 0 Å². The van der Waals surface area contributed by atoms with E-state index in [0.717, 1.165) is 55.8 Å². The Hall–Kier alpha value is -8.41. The summed E-state index contributed by atoms with van der Waals surface area (Å²) in [6, 6.07) is 75.8. The molecule has 0 radical (unpaired) electrons. The van der Waals surface area contributed by atoms with Crippen LogP contribution in [0.4, 0.5) is 0 Å². The first-order valence-electron chi connectivity index (χ1n) is 21.8. The Morgan fingerprint density at radius 2 is 0.750 bits per heavy atom. The van der Waals surface area contributed by atoms with E-state index >= 15 is 0 Å². The topological polar surface area (TPSA) is 48.5 Å². The molecule has 0 aliphatic rings. The van der Waals surface area contributed by atoms with Gasteiger partial charge in [-0.1, -0.05) is 152 Å². The Labute approximate surface area is 371 Å². The van der Waals surface area contributed by atoms with Crippen molar-refractivity contribution < 1.29 is 0 Å². The molecule has 12 rings (SSSR count). The zero-order valence-corrected chi connectivity index (χ0v) is 35.4.